The zero-order chi connectivity index (χ0) is 12.5. The Hall–Kier alpha value is -0.340. The summed E-state index contributed by atoms with van der Waals surface area (Å²) in [5.41, 5.74) is 8.34. The van der Waals surface area contributed by atoms with Gasteiger partial charge in [-0.2, -0.15) is 0 Å². The van der Waals surface area contributed by atoms with Gasteiger partial charge in [0, 0.05) is 10.0 Å². The normalized spacial score (nSPS) is 28.0. The molecule has 17 heavy (non-hydrogen) atoms. The first kappa shape index (κ1) is 13.1. The Kier molecular flexibility index (Phi) is 3.65. The van der Waals surface area contributed by atoms with Gasteiger partial charge in [-0.15, -0.1) is 0 Å². The zero-order valence-electron chi connectivity index (χ0n) is 10.8. The van der Waals surface area contributed by atoms with Crippen molar-refractivity contribution < 1.29 is 0 Å². The molecule has 1 aromatic carbocycles. The fourth-order valence-corrected chi connectivity index (χ4v) is 3.70. The molecular formula is C15H22BrN. The summed E-state index contributed by atoms with van der Waals surface area (Å²) in [5, 5.41) is 0. The van der Waals surface area contributed by atoms with Gasteiger partial charge in [0.2, 0.25) is 0 Å². The Labute approximate surface area is 113 Å². The smallest absolute Gasteiger partial charge is 0.0200 e. The first-order valence-corrected chi connectivity index (χ1v) is 7.21. The van der Waals surface area contributed by atoms with E-state index in [9.17, 15) is 0 Å². The van der Waals surface area contributed by atoms with Crippen LogP contribution in [0.1, 0.15) is 45.1 Å². The third-order valence-corrected chi connectivity index (χ3v) is 4.30. The average Bonchev–Trinajstić information content (AvgIpc) is 2.14. The first-order valence-electron chi connectivity index (χ1n) is 6.42. The lowest BCUT2D eigenvalue weighted by molar-refractivity contribution is 0.151. The van der Waals surface area contributed by atoms with E-state index in [4.69, 9.17) is 5.73 Å². The molecular weight excluding hydrogens is 274 g/mol. The maximum atomic E-state index is 6.60. The molecule has 0 bridgehead atoms. The molecule has 1 fully saturated rings. The number of hydrogen-bond donors (Lipinski definition) is 1. The van der Waals surface area contributed by atoms with Gasteiger partial charge < -0.3 is 5.73 Å². The molecule has 0 saturated heterocycles. The van der Waals surface area contributed by atoms with Gasteiger partial charge >= 0.3 is 0 Å². The van der Waals surface area contributed by atoms with E-state index in [1.165, 1.54) is 18.4 Å². The maximum absolute atomic E-state index is 6.60. The Morgan fingerprint density at radius 3 is 2.71 bits per heavy atom. The summed E-state index contributed by atoms with van der Waals surface area (Å²) in [6, 6.07) is 8.53. The van der Waals surface area contributed by atoms with Crippen molar-refractivity contribution in [3.8, 4) is 0 Å². The molecule has 0 heterocycles. The summed E-state index contributed by atoms with van der Waals surface area (Å²) < 4.78 is 1.15. The van der Waals surface area contributed by atoms with Crippen LogP contribution >= 0.6 is 15.9 Å². The summed E-state index contributed by atoms with van der Waals surface area (Å²) in [7, 11) is 0. The fraction of sp³-hybridized carbons (Fsp3) is 0.600. The Morgan fingerprint density at radius 1 is 1.29 bits per heavy atom. The van der Waals surface area contributed by atoms with Crippen molar-refractivity contribution in [1.29, 1.82) is 0 Å². The van der Waals surface area contributed by atoms with Crippen molar-refractivity contribution >= 4 is 15.9 Å². The van der Waals surface area contributed by atoms with Crippen LogP contribution < -0.4 is 5.73 Å². The van der Waals surface area contributed by atoms with Crippen LogP contribution in [0.4, 0.5) is 0 Å². The monoisotopic (exact) mass is 295 g/mol. The molecule has 0 radical (unpaired) electrons. The Bertz CT molecular complexity index is 400. The van der Waals surface area contributed by atoms with E-state index in [1.54, 1.807) is 0 Å². The molecule has 1 aliphatic carbocycles. The lowest BCUT2D eigenvalue weighted by Crippen LogP contribution is -2.48. The predicted molar refractivity (Wildman–Crippen MR) is 77.0 cm³/mol. The third kappa shape index (κ3) is 3.56. The molecule has 0 aromatic heterocycles. The van der Waals surface area contributed by atoms with E-state index in [-0.39, 0.29) is 5.54 Å². The second kappa shape index (κ2) is 4.74. The average molecular weight is 296 g/mol. The van der Waals surface area contributed by atoms with E-state index in [0.29, 0.717) is 5.41 Å². The lowest BCUT2D eigenvalue weighted by atomic mass is 9.66. The summed E-state index contributed by atoms with van der Waals surface area (Å²) >= 11 is 3.53. The molecule has 2 N–H and O–H groups in total. The summed E-state index contributed by atoms with van der Waals surface area (Å²) in [6.45, 7) is 4.68. The molecule has 1 aromatic rings. The SMILES string of the molecule is CC1(C)CCCC(N)(Cc2cccc(Br)c2)C1. The molecule has 1 saturated carbocycles. The Morgan fingerprint density at radius 2 is 2.06 bits per heavy atom. The second-order valence-electron chi connectivity index (χ2n) is 6.36. The minimum Gasteiger partial charge on any atom is -0.325 e. The van der Waals surface area contributed by atoms with Gasteiger partial charge in [-0.1, -0.05) is 48.3 Å². The highest BCUT2D eigenvalue weighted by atomic mass is 79.9. The van der Waals surface area contributed by atoms with Gasteiger partial charge in [-0.25, -0.2) is 0 Å². The highest BCUT2D eigenvalue weighted by Crippen LogP contribution is 2.41. The number of halogens is 1. The second-order valence-corrected chi connectivity index (χ2v) is 7.28. The van der Waals surface area contributed by atoms with Crippen molar-refractivity contribution in [2.45, 2.75) is 51.5 Å². The highest BCUT2D eigenvalue weighted by molar-refractivity contribution is 9.10. The standard InChI is InChI=1S/C15H22BrN/c1-14(2)7-4-8-15(17,11-14)10-12-5-3-6-13(16)9-12/h3,5-6,9H,4,7-8,10-11,17H2,1-2H3. The number of rotatable bonds is 2. The van der Waals surface area contributed by atoms with Crippen molar-refractivity contribution in [1.82, 2.24) is 0 Å². The molecule has 0 aliphatic heterocycles. The van der Waals surface area contributed by atoms with Crippen LogP contribution in [-0.2, 0) is 6.42 Å². The van der Waals surface area contributed by atoms with Crippen LogP contribution in [0.25, 0.3) is 0 Å². The van der Waals surface area contributed by atoms with Crippen molar-refractivity contribution in [2.75, 3.05) is 0 Å². The third-order valence-electron chi connectivity index (χ3n) is 3.80. The molecule has 1 nitrogen and oxygen atoms in total. The zero-order valence-corrected chi connectivity index (χ0v) is 12.4. The largest absolute Gasteiger partial charge is 0.325 e. The van der Waals surface area contributed by atoms with Crippen LogP contribution in [0.2, 0.25) is 0 Å². The van der Waals surface area contributed by atoms with E-state index < -0.39 is 0 Å². The number of nitrogens with two attached hydrogens (primary N) is 1. The van der Waals surface area contributed by atoms with Crippen molar-refractivity contribution in [3.63, 3.8) is 0 Å². The van der Waals surface area contributed by atoms with Crippen LogP contribution in [0.5, 0.6) is 0 Å². The molecule has 1 aliphatic rings. The topological polar surface area (TPSA) is 26.0 Å². The first-order chi connectivity index (χ1) is 7.89. The van der Waals surface area contributed by atoms with Gasteiger partial charge in [-0.3, -0.25) is 0 Å². The summed E-state index contributed by atoms with van der Waals surface area (Å²) in [6.07, 6.45) is 5.85. The molecule has 2 heteroatoms. The van der Waals surface area contributed by atoms with Crippen LogP contribution in [-0.4, -0.2) is 5.54 Å². The quantitative estimate of drug-likeness (QED) is 0.865. The van der Waals surface area contributed by atoms with Crippen molar-refractivity contribution in [3.05, 3.63) is 34.3 Å². The highest BCUT2D eigenvalue weighted by Gasteiger charge is 2.36. The summed E-state index contributed by atoms with van der Waals surface area (Å²) in [4.78, 5) is 0. The van der Waals surface area contributed by atoms with Crippen LogP contribution in [0.3, 0.4) is 0 Å². The van der Waals surface area contributed by atoms with Gasteiger partial charge in [-0.05, 0) is 48.8 Å². The van der Waals surface area contributed by atoms with Crippen LogP contribution in [0, 0.1) is 5.41 Å². The van der Waals surface area contributed by atoms with E-state index in [2.05, 4.69) is 54.0 Å². The minimum atomic E-state index is -0.0114. The summed E-state index contributed by atoms with van der Waals surface area (Å²) in [5.74, 6) is 0. The van der Waals surface area contributed by atoms with Gasteiger partial charge in [0.25, 0.3) is 0 Å². The van der Waals surface area contributed by atoms with Gasteiger partial charge in [0.05, 0.1) is 0 Å². The maximum Gasteiger partial charge on any atom is 0.0200 e. The minimum absolute atomic E-state index is 0.0114. The number of benzene rings is 1. The lowest BCUT2D eigenvalue weighted by Gasteiger charge is -2.42. The molecule has 2 rings (SSSR count). The van der Waals surface area contributed by atoms with Gasteiger partial charge in [0.1, 0.15) is 0 Å². The van der Waals surface area contributed by atoms with Gasteiger partial charge in [0.15, 0.2) is 0 Å². The Balaban J connectivity index is 2.12. The molecule has 94 valence electrons. The van der Waals surface area contributed by atoms with E-state index in [1.807, 2.05) is 0 Å². The van der Waals surface area contributed by atoms with Crippen molar-refractivity contribution in [2.24, 2.45) is 11.1 Å². The molecule has 1 atom stereocenters. The molecule has 0 amide bonds. The number of hydrogen-bond acceptors (Lipinski definition) is 1. The van der Waals surface area contributed by atoms with Crippen LogP contribution in [0.15, 0.2) is 28.7 Å². The van der Waals surface area contributed by atoms with E-state index >= 15 is 0 Å². The molecule has 0 spiro atoms. The van der Waals surface area contributed by atoms with E-state index in [0.717, 1.165) is 23.7 Å². The molecule has 1 unspecified atom stereocenters. The fourth-order valence-electron chi connectivity index (χ4n) is 3.25. The predicted octanol–water partition coefficient (Wildman–Crippen LogP) is 4.29.